The molecule has 1 aromatic carbocycles. The predicted molar refractivity (Wildman–Crippen MR) is 82.6 cm³/mol. The lowest BCUT2D eigenvalue weighted by molar-refractivity contribution is -0.142. The molecule has 4 nitrogen and oxygen atoms in total. The number of aliphatic carboxylic acids is 1. The van der Waals surface area contributed by atoms with Gasteiger partial charge in [0.15, 0.2) is 0 Å². The second-order valence-electron chi connectivity index (χ2n) is 5.60. The normalized spacial score (nSPS) is 19.2. The number of carboxylic acids is 1. The van der Waals surface area contributed by atoms with Crippen molar-refractivity contribution in [3.8, 4) is 0 Å². The van der Waals surface area contributed by atoms with Gasteiger partial charge in [-0.15, -0.1) is 0 Å². The Labute approximate surface area is 128 Å². The lowest BCUT2D eigenvalue weighted by Gasteiger charge is -2.21. The minimum atomic E-state index is -0.756. The van der Waals surface area contributed by atoms with Crippen molar-refractivity contribution in [1.82, 2.24) is 9.88 Å². The molecule has 1 saturated heterocycles. The summed E-state index contributed by atoms with van der Waals surface area (Å²) in [5.41, 5.74) is 2.91. The first-order chi connectivity index (χ1) is 10.0. The summed E-state index contributed by atoms with van der Waals surface area (Å²) in [6.45, 7) is 3.34. The van der Waals surface area contributed by atoms with Crippen molar-refractivity contribution < 1.29 is 9.90 Å². The molecule has 0 amide bonds. The molecule has 0 bridgehead atoms. The molecule has 0 radical (unpaired) electrons. The average Bonchev–Trinajstić information content (AvgIpc) is 2.88. The topological polar surface area (TPSA) is 53.4 Å². The molecule has 5 heteroatoms. The summed E-state index contributed by atoms with van der Waals surface area (Å²) in [5.74, 6) is -0.756. The standard InChI is InChI=1S/C16H17ClN2O2/c1-10-4-5-11-8-12(15(17)18-13(11)7-10)9-19-6-2-3-14(19)16(20)21/h4-5,7-8,14H,2-3,6,9H2,1H3,(H,20,21). The van der Waals surface area contributed by atoms with Gasteiger partial charge in [0.1, 0.15) is 11.2 Å². The fourth-order valence-electron chi connectivity index (χ4n) is 2.92. The lowest BCUT2D eigenvalue weighted by Crippen LogP contribution is -2.35. The van der Waals surface area contributed by atoms with Gasteiger partial charge in [0.25, 0.3) is 0 Å². The number of nitrogens with zero attached hydrogens (tertiary/aromatic N) is 2. The highest BCUT2D eigenvalue weighted by atomic mass is 35.5. The number of fused-ring (bicyclic) bond motifs is 1. The maximum Gasteiger partial charge on any atom is 0.320 e. The van der Waals surface area contributed by atoms with Gasteiger partial charge in [-0.2, -0.15) is 0 Å². The molecule has 1 aliphatic rings. The Balaban J connectivity index is 1.92. The van der Waals surface area contributed by atoms with Crippen LogP contribution in [0, 0.1) is 6.92 Å². The van der Waals surface area contributed by atoms with Crippen molar-refractivity contribution in [3.63, 3.8) is 0 Å². The maximum atomic E-state index is 11.2. The largest absolute Gasteiger partial charge is 0.480 e. The Bertz CT molecular complexity index is 702. The number of carbonyl (C=O) groups is 1. The van der Waals surface area contributed by atoms with E-state index >= 15 is 0 Å². The monoisotopic (exact) mass is 304 g/mol. The van der Waals surface area contributed by atoms with Gasteiger partial charge in [-0.05, 0) is 44.0 Å². The minimum absolute atomic E-state index is 0.408. The van der Waals surface area contributed by atoms with Gasteiger partial charge in [0.05, 0.1) is 5.52 Å². The Kier molecular flexibility index (Phi) is 3.83. The van der Waals surface area contributed by atoms with Crippen molar-refractivity contribution in [2.75, 3.05) is 6.54 Å². The van der Waals surface area contributed by atoms with Crippen LogP contribution in [-0.2, 0) is 11.3 Å². The van der Waals surface area contributed by atoms with E-state index in [1.54, 1.807) is 0 Å². The number of benzene rings is 1. The van der Waals surface area contributed by atoms with E-state index in [2.05, 4.69) is 4.98 Å². The highest BCUT2D eigenvalue weighted by molar-refractivity contribution is 6.30. The summed E-state index contributed by atoms with van der Waals surface area (Å²) in [6.07, 6.45) is 1.61. The van der Waals surface area contributed by atoms with Crippen LogP contribution < -0.4 is 0 Å². The van der Waals surface area contributed by atoms with E-state index in [9.17, 15) is 9.90 Å². The van der Waals surface area contributed by atoms with Gasteiger partial charge in [-0.3, -0.25) is 9.69 Å². The van der Waals surface area contributed by atoms with Crippen LogP contribution in [0.25, 0.3) is 10.9 Å². The number of hydrogen-bond acceptors (Lipinski definition) is 3. The van der Waals surface area contributed by atoms with Crippen LogP contribution in [0.15, 0.2) is 24.3 Å². The van der Waals surface area contributed by atoms with Crippen LogP contribution in [0.1, 0.15) is 24.0 Å². The van der Waals surface area contributed by atoms with Gasteiger partial charge in [0, 0.05) is 17.5 Å². The molecule has 2 heterocycles. The molecule has 1 unspecified atom stereocenters. The highest BCUT2D eigenvalue weighted by Gasteiger charge is 2.30. The molecule has 1 N–H and O–H groups in total. The Morgan fingerprint density at radius 3 is 3.05 bits per heavy atom. The number of halogens is 1. The third kappa shape index (κ3) is 2.87. The number of aryl methyl sites for hydroxylation is 1. The van der Waals surface area contributed by atoms with Crippen LogP contribution >= 0.6 is 11.6 Å². The molecule has 0 spiro atoms. The Morgan fingerprint density at radius 1 is 1.48 bits per heavy atom. The lowest BCUT2D eigenvalue weighted by atomic mass is 10.1. The van der Waals surface area contributed by atoms with Crippen LogP contribution in [0.2, 0.25) is 5.15 Å². The second-order valence-corrected chi connectivity index (χ2v) is 5.96. The van der Waals surface area contributed by atoms with Crippen molar-refractivity contribution in [2.45, 2.75) is 32.4 Å². The Hall–Kier alpha value is -1.65. The smallest absolute Gasteiger partial charge is 0.320 e. The summed E-state index contributed by atoms with van der Waals surface area (Å²) in [6, 6.07) is 7.67. The van der Waals surface area contributed by atoms with Gasteiger partial charge < -0.3 is 5.11 Å². The van der Waals surface area contributed by atoms with Gasteiger partial charge in [0.2, 0.25) is 0 Å². The van der Waals surface area contributed by atoms with Crippen molar-refractivity contribution in [1.29, 1.82) is 0 Å². The van der Waals surface area contributed by atoms with E-state index in [-0.39, 0.29) is 0 Å². The third-order valence-electron chi connectivity index (χ3n) is 4.02. The Morgan fingerprint density at radius 2 is 2.29 bits per heavy atom. The first-order valence-corrected chi connectivity index (χ1v) is 7.45. The molecule has 21 heavy (non-hydrogen) atoms. The SMILES string of the molecule is Cc1ccc2cc(CN3CCCC3C(=O)O)c(Cl)nc2c1. The maximum absolute atomic E-state index is 11.2. The molecular weight excluding hydrogens is 288 g/mol. The zero-order chi connectivity index (χ0) is 15.0. The molecule has 1 atom stereocenters. The third-order valence-corrected chi connectivity index (χ3v) is 4.35. The average molecular weight is 305 g/mol. The zero-order valence-electron chi connectivity index (χ0n) is 11.8. The molecule has 2 aromatic rings. The number of pyridine rings is 1. The van der Waals surface area contributed by atoms with Crippen LogP contribution in [0.4, 0.5) is 0 Å². The highest BCUT2D eigenvalue weighted by Crippen LogP contribution is 2.26. The van der Waals surface area contributed by atoms with Crippen LogP contribution in [-0.4, -0.2) is 33.5 Å². The van der Waals surface area contributed by atoms with Crippen molar-refractivity contribution >= 4 is 28.5 Å². The number of rotatable bonds is 3. The second kappa shape index (κ2) is 5.62. The summed E-state index contributed by atoms with van der Waals surface area (Å²) in [5, 5.41) is 10.7. The van der Waals surface area contributed by atoms with E-state index in [4.69, 9.17) is 11.6 Å². The number of hydrogen-bond donors (Lipinski definition) is 1. The molecular formula is C16H17ClN2O2. The molecule has 0 saturated carbocycles. The fourth-order valence-corrected chi connectivity index (χ4v) is 3.13. The summed E-state index contributed by atoms with van der Waals surface area (Å²) < 4.78 is 0. The molecule has 1 aliphatic heterocycles. The van der Waals surface area contributed by atoms with Crippen molar-refractivity contribution in [3.05, 3.63) is 40.5 Å². The summed E-state index contributed by atoms with van der Waals surface area (Å²) in [7, 11) is 0. The summed E-state index contributed by atoms with van der Waals surface area (Å²) in [4.78, 5) is 17.6. The first-order valence-electron chi connectivity index (χ1n) is 7.07. The van der Waals surface area contributed by atoms with E-state index < -0.39 is 12.0 Å². The number of carboxylic acid groups (broad SMARTS) is 1. The first kappa shape index (κ1) is 14.3. The number of aromatic nitrogens is 1. The molecule has 1 fully saturated rings. The predicted octanol–water partition coefficient (Wildman–Crippen LogP) is 3.25. The van der Waals surface area contributed by atoms with Crippen LogP contribution in [0.3, 0.4) is 0 Å². The molecule has 0 aliphatic carbocycles. The molecule has 3 rings (SSSR count). The fraction of sp³-hybridized carbons (Fsp3) is 0.375. The zero-order valence-corrected chi connectivity index (χ0v) is 12.6. The minimum Gasteiger partial charge on any atom is -0.480 e. The number of likely N-dealkylation sites (tertiary alicyclic amines) is 1. The van der Waals surface area contributed by atoms with Crippen LogP contribution in [0.5, 0.6) is 0 Å². The molecule has 110 valence electrons. The van der Waals surface area contributed by atoms with E-state index in [1.807, 2.05) is 36.1 Å². The van der Waals surface area contributed by atoms with E-state index in [1.165, 1.54) is 0 Å². The van der Waals surface area contributed by atoms with Gasteiger partial charge in [-0.25, -0.2) is 4.98 Å². The van der Waals surface area contributed by atoms with E-state index in [0.29, 0.717) is 18.1 Å². The van der Waals surface area contributed by atoms with Crippen molar-refractivity contribution in [2.24, 2.45) is 0 Å². The van der Waals surface area contributed by atoms with Gasteiger partial charge >= 0.3 is 5.97 Å². The van der Waals surface area contributed by atoms with Gasteiger partial charge in [-0.1, -0.05) is 23.7 Å². The summed E-state index contributed by atoms with van der Waals surface area (Å²) >= 11 is 6.28. The van der Waals surface area contributed by atoms with E-state index in [0.717, 1.165) is 35.0 Å². The molecule has 1 aromatic heterocycles. The quantitative estimate of drug-likeness (QED) is 0.884.